The molecule has 0 aromatic carbocycles. The first kappa shape index (κ1) is 6.54. The number of hydrogen-bond acceptors (Lipinski definition) is 3. The largest absolute Gasteiger partial charge is 0.260 e. The summed E-state index contributed by atoms with van der Waals surface area (Å²) in [5.41, 5.74) is 1.51. The average Bonchev–Trinajstić information content (AvgIpc) is 2.34. The fourth-order valence-corrected chi connectivity index (χ4v) is 1.23. The molecule has 0 aliphatic carbocycles. The third kappa shape index (κ3) is 0.867. The lowest BCUT2D eigenvalue weighted by Gasteiger charge is -1.89. The van der Waals surface area contributed by atoms with Crippen LogP contribution in [-0.2, 0) is 0 Å². The summed E-state index contributed by atoms with van der Waals surface area (Å²) >= 11 is 5.79. The second kappa shape index (κ2) is 2.17. The third-order valence-corrected chi connectivity index (χ3v) is 1.78. The molecule has 56 valence electrons. The van der Waals surface area contributed by atoms with Crippen LogP contribution in [0.4, 0.5) is 0 Å². The molecule has 0 spiro atoms. The SMILES string of the molecule is Cc1n[nH]c2ncnc(Cl)c12. The Morgan fingerprint density at radius 2 is 2.27 bits per heavy atom. The maximum absolute atomic E-state index is 5.79. The summed E-state index contributed by atoms with van der Waals surface area (Å²) in [6, 6.07) is 0. The Balaban J connectivity index is 2.96. The molecule has 0 unspecified atom stereocenters. The lowest BCUT2D eigenvalue weighted by molar-refractivity contribution is 1.05. The number of H-pyrrole nitrogens is 1. The van der Waals surface area contributed by atoms with Crippen LogP contribution in [-0.4, -0.2) is 20.2 Å². The van der Waals surface area contributed by atoms with Gasteiger partial charge in [-0.3, -0.25) is 5.10 Å². The number of rotatable bonds is 0. The number of nitrogens with zero attached hydrogens (tertiary/aromatic N) is 3. The first-order valence-corrected chi connectivity index (χ1v) is 3.48. The van der Waals surface area contributed by atoms with E-state index in [0.717, 1.165) is 11.1 Å². The van der Waals surface area contributed by atoms with Crippen LogP contribution in [0.15, 0.2) is 6.33 Å². The van der Waals surface area contributed by atoms with Gasteiger partial charge in [-0.05, 0) is 6.92 Å². The van der Waals surface area contributed by atoms with Gasteiger partial charge < -0.3 is 0 Å². The Morgan fingerprint density at radius 1 is 1.45 bits per heavy atom. The second-order valence-electron chi connectivity index (χ2n) is 2.20. The van der Waals surface area contributed by atoms with Gasteiger partial charge in [-0.1, -0.05) is 11.6 Å². The molecule has 0 atom stereocenters. The molecular weight excluding hydrogens is 164 g/mol. The maximum atomic E-state index is 5.79. The summed E-state index contributed by atoms with van der Waals surface area (Å²) in [5.74, 6) is 0. The van der Waals surface area contributed by atoms with E-state index >= 15 is 0 Å². The highest BCUT2D eigenvalue weighted by Gasteiger charge is 2.05. The number of hydrogen-bond donors (Lipinski definition) is 1. The highest BCUT2D eigenvalue weighted by atomic mass is 35.5. The van der Waals surface area contributed by atoms with Crippen LogP contribution in [0.25, 0.3) is 11.0 Å². The Morgan fingerprint density at radius 3 is 3.00 bits per heavy atom. The number of fused-ring (bicyclic) bond motifs is 1. The van der Waals surface area contributed by atoms with Crippen molar-refractivity contribution in [2.75, 3.05) is 0 Å². The molecular formula is C6H5ClN4. The van der Waals surface area contributed by atoms with Crippen molar-refractivity contribution in [3.8, 4) is 0 Å². The number of halogens is 1. The predicted octanol–water partition coefficient (Wildman–Crippen LogP) is 1.31. The van der Waals surface area contributed by atoms with Gasteiger partial charge in [0.15, 0.2) is 5.65 Å². The van der Waals surface area contributed by atoms with Gasteiger partial charge in [0.25, 0.3) is 0 Å². The number of aryl methyl sites for hydroxylation is 1. The molecule has 5 heteroatoms. The molecule has 2 rings (SSSR count). The summed E-state index contributed by atoms with van der Waals surface area (Å²) in [6.07, 6.45) is 1.41. The molecule has 0 fully saturated rings. The molecule has 0 saturated heterocycles. The van der Waals surface area contributed by atoms with Gasteiger partial charge in [0.1, 0.15) is 11.5 Å². The van der Waals surface area contributed by atoms with Crippen LogP contribution < -0.4 is 0 Å². The zero-order chi connectivity index (χ0) is 7.84. The summed E-state index contributed by atoms with van der Waals surface area (Å²) in [4.78, 5) is 7.78. The van der Waals surface area contributed by atoms with Gasteiger partial charge >= 0.3 is 0 Å². The van der Waals surface area contributed by atoms with Crippen molar-refractivity contribution in [3.05, 3.63) is 17.2 Å². The minimum Gasteiger partial charge on any atom is -0.260 e. The molecule has 4 nitrogen and oxygen atoms in total. The standard InChI is InChI=1S/C6H5ClN4/c1-3-4-5(7)8-2-9-6(4)11-10-3/h2H,1H3,(H,8,9,10,11). The molecule has 2 aromatic rings. The van der Waals surface area contributed by atoms with E-state index in [-0.39, 0.29) is 0 Å². The van der Waals surface area contributed by atoms with Crippen molar-refractivity contribution in [2.24, 2.45) is 0 Å². The quantitative estimate of drug-likeness (QED) is 0.604. The zero-order valence-electron chi connectivity index (χ0n) is 5.80. The van der Waals surface area contributed by atoms with Gasteiger partial charge in [0.2, 0.25) is 0 Å². The topological polar surface area (TPSA) is 54.5 Å². The van der Waals surface area contributed by atoms with Gasteiger partial charge in [-0.15, -0.1) is 0 Å². The minimum atomic E-state index is 0.446. The molecule has 11 heavy (non-hydrogen) atoms. The summed E-state index contributed by atoms with van der Waals surface area (Å²) in [5, 5.41) is 7.93. The van der Waals surface area contributed by atoms with Crippen molar-refractivity contribution >= 4 is 22.6 Å². The van der Waals surface area contributed by atoms with E-state index in [9.17, 15) is 0 Å². The molecule has 2 heterocycles. The van der Waals surface area contributed by atoms with Crippen LogP contribution in [0.1, 0.15) is 5.69 Å². The normalized spacial score (nSPS) is 10.7. The van der Waals surface area contributed by atoms with Crippen molar-refractivity contribution in [1.82, 2.24) is 20.2 Å². The van der Waals surface area contributed by atoms with Crippen LogP contribution in [0, 0.1) is 6.92 Å². The van der Waals surface area contributed by atoms with E-state index in [1.54, 1.807) is 0 Å². The highest BCUT2D eigenvalue weighted by molar-refractivity contribution is 6.34. The Kier molecular flexibility index (Phi) is 1.29. The van der Waals surface area contributed by atoms with Crippen LogP contribution in [0.3, 0.4) is 0 Å². The van der Waals surface area contributed by atoms with E-state index in [2.05, 4.69) is 20.2 Å². The molecule has 0 bridgehead atoms. The smallest absolute Gasteiger partial charge is 0.160 e. The average molecular weight is 169 g/mol. The number of nitrogens with one attached hydrogen (secondary N) is 1. The van der Waals surface area contributed by atoms with Crippen LogP contribution >= 0.6 is 11.6 Å². The molecule has 1 N–H and O–H groups in total. The lowest BCUT2D eigenvalue weighted by Crippen LogP contribution is -1.80. The van der Waals surface area contributed by atoms with E-state index in [0.29, 0.717) is 10.8 Å². The predicted molar refractivity (Wildman–Crippen MR) is 41.4 cm³/mol. The molecule has 0 radical (unpaired) electrons. The van der Waals surface area contributed by atoms with Crippen molar-refractivity contribution < 1.29 is 0 Å². The first-order chi connectivity index (χ1) is 5.29. The Labute approximate surface area is 67.6 Å². The van der Waals surface area contributed by atoms with Crippen LogP contribution in [0.5, 0.6) is 0 Å². The Hall–Kier alpha value is -1.16. The van der Waals surface area contributed by atoms with Gasteiger partial charge in [0.05, 0.1) is 11.1 Å². The molecule has 0 aliphatic rings. The molecule has 0 aliphatic heterocycles. The van der Waals surface area contributed by atoms with Gasteiger partial charge in [-0.2, -0.15) is 5.10 Å². The zero-order valence-corrected chi connectivity index (χ0v) is 6.55. The van der Waals surface area contributed by atoms with E-state index in [1.807, 2.05) is 6.92 Å². The minimum absolute atomic E-state index is 0.446. The van der Waals surface area contributed by atoms with Crippen molar-refractivity contribution in [2.45, 2.75) is 6.92 Å². The van der Waals surface area contributed by atoms with E-state index < -0.39 is 0 Å². The highest BCUT2D eigenvalue weighted by Crippen LogP contribution is 2.19. The fourth-order valence-electron chi connectivity index (χ4n) is 0.962. The van der Waals surface area contributed by atoms with Crippen LogP contribution in [0.2, 0.25) is 5.15 Å². The molecule has 0 saturated carbocycles. The monoisotopic (exact) mass is 168 g/mol. The first-order valence-electron chi connectivity index (χ1n) is 3.10. The fraction of sp³-hybridized carbons (Fsp3) is 0.167. The summed E-state index contributed by atoms with van der Waals surface area (Å²) in [7, 11) is 0. The van der Waals surface area contributed by atoms with Crippen molar-refractivity contribution in [3.63, 3.8) is 0 Å². The lowest BCUT2D eigenvalue weighted by atomic mass is 10.3. The third-order valence-electron chi connectivity index (χ3n) is 1.49. The second-order valence-corrected chi connectivity index (χ2v) is 2.56. The Bertz CT molecular complexity index is 394. The van der Waals surface area contributed by atoms with Crippen molar-refractivity contribution in [1.29, 1.82) is 0 Å². The summed E-state index contributed by atoms with van der Waals surface area (Å²) in [6.45, 7) is 1.86. The molecule has 2 aromatic heterocycles. The van der Waals surface area contributed by atoms with Gasteiger partial charge in [-0.25, -0.2) is 9.97 Å². The maximum Gasteiger partial charge on any atom is 0.160 e. The summed E-state index contributed by atoms with van der Waals surface area (Å²) < 4.78 is 0. The molecule has 0 amide bonds. The van der Waals surface area contributed by atoms with E-state index in [1.165, 1.54) is 6.33 Å². The number of aromatic amines is 1. The van der Waals surface area contributed by atoms with Gasteiger partial charge in [0, 0.05) is 0 Å². The van der Waals surface area contributed by atoms with E-state index in [4.69, 9.17) is 11.6 Å². The number of aromatic nitrogens is 4.